The van der Waals surface area contributed by atoms with Crippen LogP contribution in [0.4, 0.5) is 10.1 Å². The van der Waals surface area contributed by atoms with E-state index in [9.17, 15) is 9.18 Å². The average Bonchev–Trinajstić information content (AvgIpc) is 3.28. The molecule has 27 heavy (non-hydrogen) atoms. The zero-order valence-corrected chi connectivity index (χ0v) is 16.8. The molecule has 0 bridgehead atoms. The topological polar surface area (TPSA) is 73.0 Å². The highest BCUT2D eigenvalue weighted by Crippen LogP contribution is 2.28. The van der Waals surface area contributed by atoms with E-state index in [1.807, 2.05) is 0 Å². The highest BCUT2D eigenvalue weighted by atomic mass is 79.9. The molecule has 1 atom stereocenters. The first-order chi connectivity index (χ1) is 13.0. The van der Waals surface area contributed by atoms with Gasteiger partial charge in [0.2, 0.25) is 11.7 Å². The van der Waals surface area contributed by atoms with E-state index >= 15 is 0 Å². The molecule has 1 N–H and O–H groups in total. The molecule has 0 aliphatic heterocycles. The van der Waals surface area contributed by atoms with Crippen molar-refractivity contribution in [3.05, 3.63) is 59.5 Å². The van der Waals surface area contributed by atoms with E-state index in [4.69, 9.17) is 4.42 Å². The number of thioether (sulfide) groups is 1. The van der Waals surface area contributed by atoms with Crippen molar-refractivity contribution in [2.75, 3.05) is 5.32 Å². The van der Waals surface area contributed by atoms with E-state index < -0.39 is 11.1 Å². The van der Waals surface area contributed by atoms with Crippen LogP contribution in [0.3, 0.4) is 0 Å². The number of hydrogen-bond acceptors (Lipinski definition) is 5. The minimum absolute atomic E-state index is 0.125. The van der Waals surface area contributed by atoms with Crippen LogP contribution in [0.25, 0.3) is 11.6 Å². The van der Waals surface area contributed by atoms with Crippen molar-refractivity contribution in [3.63, 3.8) is 0 Å². The van der Waals surface area contributed by atoms with Gasteiger partial charge in [0.15, 0.2) is 10.9 Å². The van der Waals surface area contributed by atoms with Crippen molar-refractivity contribution >= 4 is 39.3 Å². The van der Waals surface area contributed by atoms with Gasteiger partial charge >= 0.3 is 0 Å². The van der Waals surface area contributed by atoms with E-state index in [0.717, 1.165) is 0 Å². The van der Waals surface area contributed by atoms with Gasteiger partial charge in [-0.15, -0.1) is 16.8 Å². The Balaban J connectivity index is 1.76. The van der Waals surface area contributed by atoms with E-state index in [1.165, 1.54) is 23.9 Å². The summed E-state index contributed by atoms with van der Waals surface area (Å²) in [5, 5.41) is 10.9. The number of benzene rings is 1. The van der Waals surface area contributed by atoms with Gasteiger partial charge in [-0.2, -0.15) is 0 Å². The third kappa shape index (κ3) is 4.48. The molecular formula is C18H16BrFN4O2S. The Morgan fingerprint density at radius 1 is 1.48 bits per heavy atom. The van der Waals surface area contributed by atoms with E-state index in [1.54, 1.807) is 42.0 Å². The molecule has 9 heteroatoms. The molecule has 3 aromatic rings. The summed E-state index contributed by atoms with van der Waals surface area (Å²) in [4.78, 5) is 12.5. The Morgan fingerprint density at radius 2 is 2.30 bits per heavy atom. The minimum Gasteiger partial charge on any atom is -0.461 e. The number of nitrogens with one attached hydrogen (secondary N) is 1. The minimum atomic E-state index is -0.523. The van der Waals surface area contributed by atoms with Gasteiger partial charge in [-0.3, -0.25) is 9.36 Å². The lowest BCUT2D eigenvalue weighted by Gasteiger charge is -2.13. The molecule has 1 aromatic carbocycles. The normalized spacial score (nSPS) is 12.0. The lowest BCUT2D eigenvalue weighted by atomic mass is 10.3. The second-order valence-electron chi connectivity index (χ2n) is 5.56. The lowest BCUT2D eigenvalue weighted by Crippen LogP contribution is -2.23. The van der Waals surface area contributed by atoms with Crippen molar-refractivity contribution in [1.29, 1.82) is 0 Å². The highest BCUT2D eigenvalue weighted by Gasteiger charge is 2.22. The second-order valence-corrected chi connectivity index (χ2v) is 7.78. The molecule has 2 heterocycles. The van der Waals surface area contributed by atoms with Gasteiger partial charge in [0, 0.05) is 11.0 Å². The third-order valence-corrected chi connectivity index (χ3v) is 5.18. The molecule has 0 aliphatic carbocycles. The first-order valence-electron chi connectivity index (χ1n) is 8.00. The van der Waals surface area contributed by atoms with Crippen molar-refractivity contribution in [2.45, 2.75) is 23.9 Å². The highest BCUT2D eigenvalue weighted by molar-refractivity contribution is 9.10. The molecule has 6 nitrogen and oxygen atoms in total. The Morgan fingerprint density at radius 3 is 2.96 bits per heavy atom. The van der Waals surface area contributed by atoms with Crippen LogP contribution < -0.4 is 5.32 Å². The number of halogens is 2. The molecule has 0 aliphatic rings. The molecule has 3 rings (SSSR count). The van der Waals surface area contributed by atoms with Crippen LogP contribution >= 0.6 is 27.7 Å². The predicted octanol–water partition coefficient (Wildman–Crippen LogP) is 4.75. The molecule has 0 saturated heterocycles. The zero-order chi connectivity index (χ0) is 19.4. The summed E-state index contributed by atoms with van der Waals surface area (Å²) in [6, 6.07) is 8.00. The Labute approximate surface area is 168 Å². The van der Waals surface area contributed by atoms with Crippen molar-refractivity contribution in [1.82, 2.24) is 14.8 Å². The molecule has 1 unspecified atom stereocenters. The van der Waals surface area contributed by atoms with Crippen LogP contribution in [0.1, 0.15) is 6.92 Å². The quantitative estimate of drug-likeness (QED) is 0.415. The zero-order valence-electron chi connectivity index (χ0n) is 14.4. The SMILES string of the molecule is C=CCn1c(SC(C)C(=O)Nc2ccc(Br)cc2F)nnc1-c1ccco1. The summed E-state index contributed by atoms with van der Waals surface area (Å²) in [5.74, 6) is 0.276. The van der Waals surface area contributed by atoms with Crippen molar-refractivity contribution in [3.8, 4) is 11.6 Å². The summed E-state index contributed by atoms with van der Waals surface area (Å²) in [5.41, 5.74) is 0.125. The van der Waals surface area contributed by atoms with Crippen molar-refractivity contribution in [2.24, 2.45) is 0 Å². The molecule has 2 aromatic heterocycles. The fourth-order valence-corrected chi connectivity index (χ4v) is 3.49. The van der Waals surface area contributed by atoms with Gasteiger partial charge in [0.05, 0.1) is 17.2 Å². The summed E-state index contributed by atoms with van der Waals surface area (Å²) >= 11 is 4.41. The third-order valence-electron chi connectivity index (χ3n) is 3.61. The molecule has 1 amide bonds. The van der Waals surface area contributed by atoms with Crippen molar-refractivity contribution < 1.29 is 13.6 Å². The van der Waals surface area contributed by atoms with Crippen LogP contribution in [0.5, 0.6) is 0 Å². The number of amides is 1. The van der Waals surface area contributed by atoms with Crippen LogP contribution in [0.2, 0.25) is 0 Å². The molecule has 0 saturated carbocycles. The maximum atomic E-state index is 13.9. The number of allylic oxidation sites excluding steroid dienone is 1. The Kier molecular flexibility index (Phi) is 6.12. The number of carbonyl (C=O) groups excluding carboxylic acids is 1. The standard InChI is InChI=1S/C18H16BrFN4O2S/c1-3-8-24-16(15-5-4-9-26-15)22-23-18(24)27-11(2)17(25)21-14-7-6-12(19)10-13(14)20/h3-7,9-11H,1,8H2,2H3,(H,21,25). The summed E-state index contributed by atoms with van der Waals surface area (Å²) < 4.78 is 21.7. The largest absolute Gasteiger partial charge is 0.461 e. The van der Waals surface area contributed by atoms with Crippen LogP contribution in [0, 0.1) is 5.82 Å². The molecule has 140 valence electrons. The van der Waals surface area contributed by atoms with Gasteiger partial charge in [-0.1, -0.05) is 33.8 Å². The summed E-state index contributed by atoms with van der Waals surface area (Å²) in [6.45, 7) is 5.92. The van der Waals surface area contributed by atoms with E-state index in [-0.39, 0.29) is 11.6 Å². The maximum Gasteiger partial charge on any atom is 0.237 e. The second kappa shape index (κ2) is 8.53. The van der Waals surface area contributed by atoms with Crippen LogP contribution in [-0.2, 0) is 11.3 Å². The first kappa shape index (κ1) is 19.4. The molecular weight excluding hydrogens is 435 g/mol. The number of aromatic nitrogens is 3. The number of hydrogen-bond donors (Lipinski definition) is 1. The molecule has 0 radical (unpaired) electrons. The fraction of sp³-hybridized carbons (Fsp3) is 0.167. The van der Waals surface area contributed by atoms with E-state index in [0.29, 0.717) is 27.8 Å². The average molecular weight is 451 g/mol. The number of furan rings is 1. The maximum absolute atomic E-state index is 13.9. The summed E-state index contributed by atoms with van der Waals surface area (Å²) in [7, 11) is 0. The van der Waals surface area contributed by atoms with Crippen LogP contribution in [-0.4, -0.2) is 25.9 Å². The predicted molar refractivity (Wildman–Crippen MR) is 106 cm³/mol. The lowest BCUT2D eigenvalue weighted by molar-refractivity contribution is -0.115. The first-order valence-corrected chi connectivity index (χ1v) is 9.67. The molecule has 0 fully saturated rings. The summed E-state index contributed by atoms with van der Waals surface area (Å²) in [6.07, 6.45) is 3.26. The van der Waals surface area contributed by atoms with E-state index in [2.05, 4.69) is 38.0 Å². The van der Waals surface area contributed by atoms with Crippen LogP contribution in [0.15, 0.2) is 63.3 Å². The number of rotatable bonds is 7. The number of nitrogens with zero attached hydrogens (tertiary/aromatic N) is 3. The monoisotopic (exact) mass is 450 g/mol. The fourth-order valence-electron chi connectivity index (χ4n) is 2.29. The number of anilines is 1. The molecule has 0 spiro atoms. The smallest absolute Gasteiger partial charge is 0.237 e. The number of carbonyl (C=O) groups is 1. The van der Waals surface area contributed by atoms with Gasteiger partial charge < -0.3 is 9.73 Å². The van der Waals surface area contributed by atoms with Gasteiger partial charge in [0.25, 0.3) is 0 Å². The van der Waals surface area contributed by atoms with Gasteiger partial charge in [-0.05, 0) is 37.3 Å². The Hall–Kier alpha value is -2.39. The van der Waals surface area contributed by atoms with Gasteiger partial charge in [0.1, 0.15) is 5.82 Å². The Bertz CT molecular complexity index is 958. The van der Waals surface area contributed by atoms with Gasteiger partial charge in [-0.25, -0.2) is 4.39 Å².